The molecule has 104 valence electrons. The molecule has 0 aromatic carbocycles. The van der Waals surface area contributed by atoms with Crippen LogP contribution < -0.4 is 5.32 Å². The Kier molecular flexibility index (Phi) is 3.78. The normalized spacial score (nSPS) is 21.2. The zero-order valence-corrected chi connectivity index (χ0v) is 11.1. The van der Waals surface area contributed by atoms with E-state index < -0.39 is 22.0 Å². The second-order valence-electron chi connectivity index (χ2n) is 4.15. The molecule has 0 bridgehead atoms. The summed E-state index contributed by atoms with van der Waals surface area (Å²) in [5, 5.41) is 11.6. The lowest BCUT2D eigenvalue weighted by molar-refractivity contribution is -0.141. The van der Waals surface area contributed by atoms with E-state index in [2.05, 4.69) is 15.3 Å². The summed E-state index contributed by atoms with van der Waals surface area (Å²) in [4.78, 5) is 18.7. The number of carbonyl (C=O) groups is 1. The maximum Gasteiger partial charge on any atom is 0.323 e. The van der Waals surface area contributed by atoms with E-state index in [9.17, 15) is 13.2 Å². The van der Waals surface area contributed by atoms with Gasteiger partial charge in [0.05, 0.1) is 0 Å². The van der Waals surface area contributed by atoms with Gasteiger partial charge in [0.1, 0.15) is 6.04 Å². The van der Waals surface area contributed by atoms with Crippen molar-refractivity contribution in [2.24, 2.45) is 0 Å². The summed E-state index contributed by atoms with van der Waals surface area (Å²) in [7, 11) is -3.99. The number of carboxylic acids is 1. The van der Waals surface area contributed by atoms with Crippen LogP contribution in [0, 0.1) is 6.92 Å². The van der Waals surface area contributed by atoms with Crippen LogP contribution in [-0.2, 0) is 14.8 Å². The van der Waals surface area contributed by atoms with Crippen molar-refractivity contribution in [2.75, 3.05) is 19.6 Å². The molecule has 2 heterocycles. The molecule has 0 saturated carbocycles. The molecular formula is C10H14N4O4S. The second-order valence-corrected chi connectivity index (χ2v) is 5.94. The molecule has 8 nitrogen and oxygen atoms in total. The van der Waals surface area contributed by atoms with E-state index in [1.54, 1.807) is 13.0 Å². The molecule has 1 atom stereocenters. The molecule has 1 fully saturated rings. The number of nitrogens with zero attached hydrogens (tertiary/aromatic N) is 3. The third-order valence-corrected chi connectivity index (χ3v) is 4.50. The molecule has 1 aromatic heterocycles. The number of aliphatic carboxylic acids is 1. The van der Waals surface area contributed by atoms with Crippen LogP contribution in [0.2, 0.25) is 0 Å². The van der Waals surface area contributed by atoms with Crippen LogP contribution in [0.3, 0.4) is 0 Å². The van der Waals surface area contributed by atoms with Gasteiger partial charge in [-0.05, 0) is 13.0 Å². The average molecular weight is 286 g/mol. The number of aromatic nitrogens is 2. The van der Waals surface area contributed by atoms with Crippen molar-refractivity contribution in [3.8, 4) is 0 Å². The van der Waals surface area contributed by atoms with Crippen LogP contribution in [0.4, 0.5) is 0 Å². The summed E-state index contributed by atoms with van der Waals surface area (Å²) in [6.45, 7) is 2.19. The van der Waals surface area contributed by atoms with E-state index in [-0.39, 0.29) is 18.2 Å². The van der Waals surface area contributed by atoms with Crippen molar-refractivity contribution >= 4 is 16.0 Å². The van der Waals surface area contributed by atoms with Gasteiger partial charge in [0.25, 0.3) is 15.2 Å². The first-order chi connectivity index (χ1) is 8.93. The molecule has 0 aliphatic carbocycles. The number of hydrogen-bond acceptors (Lipinski definition) is 6. The number of carboxylic acid groups (broad SMARTS) is 1. The van der Waals surface area contributed by atoms with Crippen LogP contribution in [0.1, 0.15) is 5.69 Å². The van der Waals surface area contributed by atoms with Crippen LogP contribution in [0.15, 0.2) is 17.4 Å². The Hall–Kier alpha value is -1.58. The first-order valence-corrected chi connectivity index (χ1v) is 7.12. The SMILES string of the molecule is Cc1ccnc(S(=O)(=O)N2CCNCC2C(=O)O)n1. The highest BCUT2D eigenvalue weighted by molar-refractivity contribution is 7.89. The Bertz CT molecular complexity index is 589. The van der Waals surface area contributed by atoms with Crippen LogP contribution in [0.5, 0.6) is 0 Å². The summed E-state index contributed by atoms with van der Waals surface area (Å²) in [5.41, 5.74) is 0.510. The maximum atomic E-state index is 12.4. The van der Waals surface area contributed by atoms with Crippen molar-refractivity contribution in [1.82, 2.24) is 19.6 Å². The molecule has 1 unspecified atom stereocenters. The third kappa shape index (κ3) is 2.72. The lowest BCUT2D eigenvalue weighted by atomic mass is 10.2. The van der Waals surface area contributed by atoms with Gasteiger partial charge in [0.15, 0.2) is 0 Å². The Morgan fingerprint density at radius 2 is 2.32 bits per heavy atom. The third-order valence-electron chi connectivity index (χ3n) is 2.79. The predicted octanol–water partition coefficient (Wildman–Crippen LogP) is -1.17. The largest absolute Gasteiger partial charge is 0.480 e. The van der Waals surface area contributed by atoms with E-state index in [0.717, 1.165) is 4.31 Å². The molecule has 1 saturated heterocycles. The fourth-order valence-corrected chi connectivity index (χ4v) is 3.33. The van der Waals surface area contributed by atoms with Gasteiger partial charge in [-0.3, -0.25) is 4.79 Å². The number of nitrogens with one attached hydrogen (secondary N) is 1. The molecule has 0 amide bonds. The molecule has 1 aliphatic rings. The number of piperazine rings is 1. The summed E-state index contributed by atoms with van der Waals surface area (Å²) < 4.78 is 25.7. The van der Waals surface area contributed by atoms with E-state index in [0.29, 0.717) is 12.2 Å². The standard InChI is InChI=1S/C10H14N4O4S/c1-7-2-3-12-10(13-7)19(17,18)14-5-4-11-6-8(14)9(15)16/h2-3,8,11H,4-6H2,1H3,(H,15,16). The quantitative estimate of drug-likeness (QED) is 0.673. The van der Waals surface area contributed by atoms with E-state index in [1.165, 1.54) is 6.20 Å². The van der Waals surface area contributed by atoms with E-state index in [1.807, 2.05) is 0 Å². The first kappa shape index (κ1) is 13.8. The minimum Gasteiger partial charge on any atom is -0.480 e. The highest BCUT2D eigenvalue weighted by Crippen LogP contribution is 2.16. The summed E-state index contributed by atoms with van der Waals surface area (Å²) in [5.74, 6) is -1.19. The molecule has 1 aliphatic heterocycles. The molecule has 9 heteroatoms. The maximum absolute atomic E-state index is 12.4. The van der Waals surface area contributed by atoms with Crippen molar-refractivity contribution in [2.45, 2.75) is 18.1 Å². The highest BCUT2D eigenvalue weighted by Gasteiger charge is 2.39. The van der Waals surface area contributed by atoms with Gasteiger partial charge >= 0.3 is 5.97 Å². The number of aryl methyl sites for hydroxylation is 1. The topological polar surface area (TPSA) is 112 Å². The molecular weight excluding hydrogens is 272 g/mol. The van der Waals surface area contributed by atoms with Gasteiger partial charge in [-0.25, -0.2) is 18.4 Å². The van der Waals surface area contributed by atoms with Crippen LogP contribution >= 0.6 is 0 Å². The minimum absolute atomic E-state index is 0.0698. The van der Waals surface area contributed by atoms with Crippen molar-refractivity contribution < 1.29 is 18.3 Å². The summed E-state index contributed by atoms with van der Waals surface area (Å²) >= 11 is 0. The first-order valence-electron chi connectivity index (χ1n) is 5.68. The van der Waals surface area contributed by atoms with Crippen LogP contribution in [-0.4, -0.2) is 59.4 Å². The van der Waals surface area contributed by atoms with Gasteiger partial charge in [-0.1, -0.05) is 0 Å². The monoisotopic (exact) mass is 286 g/mol. The smallest absolute Gasteiger partial charge is 0.323 e. The van der Waals surface area contributed by atoms with Gasteiger partial charge in [-0.2, -0.15) is 4.31 Å². The lowest BCUT2D eigenvalue weighted by Crippen LogP contribution is -2.57. The number of rotatable bonds is 3. The molecule has 19 heavy (non-hydrogen) atoms. The Morgan fingerprint density at radius 1 is 1.58 bits per heavy atom. The average Bonchev–Trinajstić information content (AvgIpc) is 2.38. The van der Waals surface area contributed by atoms with Crippen molar-refractivity contribution in [1.29, 1.82) is 0 Å². The molecule has 2 N–H and O–H groups in total. The summed E-state index contributed by atoms with van der Waals surface area (Å²) in [6.07, 6.45) is 1.34. The van der Waals surface area contributed by atoms with Crippen LogP contribution in [0.25, 0.3) is 0 Å². The zero-order chi connectivity index (χ0) is 14.0. The fourth-order valence-electron chi connectivity index (χ4n) is 1.84. The van der Waals surface area contributed by atoms with Crippen molar-refractivity contribution in [3.63, 3.8) is 0 Å². The van der Waals surface area contributed by atoms with Gasteiger partial charge in [0, 0.05) is 31.5 Å². The summed E-state index contributed by atoms with van der Waals surface area (Å²) in [6, 6.07) is 0.439. The van der Waals surface area contributed by atoms with Crippen molar-refractivity contribution in [3.05, 3.63) is 18.0 Å². The minimum atomic E-state index is -3.99. The number of sulfonamides is 1. The Morgan fingerprint density at radius 3 is 2.95 bits per heavy atom. The van der Waals surface area contributed by atoms with E-state index in [4.69, 9.17) is 5.11 Å². The number of hydrogen-bond donors (Lipinski definition) is 2. The second kappa shape index (κ2) is 5.19. The fraction of sp³-hybridized carbons (Fsp3) is 0.500. The van der Waals surface area contributed by atoms with Gasteiger partial charge < -0.3 is 10.4 Å². The van der Waals surface area contributed by atoms with E-state index >= 15 is 0 Å². The Balaban J connectivity index is 2.40. The van der Waals surface area contributed by atoms with Gasteiger partial charge in [-0.15, -0.1) is 0 Å². The molecule has 0 spiro atoms. The highest BCUT2D eigenvalue weighted by atomic mass is 32.2. The Labute approximate surface area is 110 Å². The lowest BCUT2D eigenvalue weighted by Gasteiger charge is -2.31. The molecule has 2 rings (SSSR count). The predicted molar refractivity (Wildman–Crippen MR) is 65.0 cm³/mol. The molecule has 0 radical (unpaired) electrons. The van der Waals surface area contributed by atoms with Gasteiger partial charge in [0.2, 0.25) is 0 Å². The zero-order valence-electron chi connectivity index (χ0n) is 10.3. The molecule has 1 aromatic rings.